The minimum Gasteiger partial charge on any atom is -0.485 e. The van der Waals surface area contributed by atoms with Crippen molar-refractivity contribution in [2.45, 2.75) is 0 Å². The van der Waals surface area contributed by atoms with Crippen LogP contribution < -0.4 is 9.64 Å². The van der Waals surface area contributed by atoms with E-state index in [1.165, 1.54) is 18.2 Å². The second-order valence-corrected chi connectivity index (χ2v) is 6.18. The van der Waals surface area contributed by atoms with Crippen LogP contribution >= 0.6 is 0 Å². The number of nitrogens with zero attached hydrogens (tertiary/aromatic N) is 4. The Balaban J connectivity index is 1.46. The van der Waals surface area contributed by atoms with Crippen LogP contribution in [0.15, 0.2) is 48.5 Å². The normalized spacial score (nSPS) is 14.7. The summed E-state index contributed by atoms with van der Waals surface area (Å²) in [6.07, 6.45) is 0. The molecule has 2 aromatic rings. The van der Waals surface area contributed by atoms with Gasteiger partial charge in [0, 0.05) is 56.6 Å². The molecule has 0 bridgehead atoms. The molecule has 1 saturated heterocycles. The lowest BCUT2D eigenvalue weighted by molar-refractivity contribution is -0.385. The number of hydrogen-bond acceptors (Lipinski definition) is 7. The van der Waals surface area contributed by atoms with E-state index < -0.39 is 9.85 Å². The van der Waals surface area contributed by atoms with Gasteiger partial charge in [0.05, 0.1) is 9.85 Å². The van der Waals surface area contributed by atoms with Crippen LogP contribution in [0.5, 0.6) is 5.75 Å². The Kier molecular flexibility index (Phi) is 5.82. The Labute approximate surface area is 156 Å². The summed E-state index contributed by atoms with van der Waals surface area (Å²) in [4.78, 5) is 25.3. The summed E-state index contributed by atoms with van der Waals surface area (Å²) < 4.78 is 5.59. The molecule has 0 N–H and O–H groups in total. The highest BCUT2D eigenvalue weighted by molar-refractivity contribution is 5.51. The first-order valence-electron chi connectivity index (χ1n) is 8.62. The topological polar surface area (TPSA) is 102 Å². The standard InChI is InChI=1S/C18H20N4O5/c23-21(24)16-7-5-15(6-8-16)20-11-9-19(10-12-20)13-14-27-18-4-2-1-3-17(18)22(25)26/h1-8H,9-14H2. The van der Waals surface area contributed by atoms with Crippen LogP contribution in [0.1, 0.15) is 0 Å². The minimum absolute atomic E-state index is 0.0273. The van der Waals surface area contributed by atoms with E-state index in [1.807, 2.05) is 0 Å². The Morgan fingerprint density at radius 3 is 2.19 bits per heavy atom. The molecule has 9 heteroatoms. The number of para-hydroxylation sites is 2. The van der Waals surface area contributed by atoms with E-state index in [0.29, 0.717) is 13.2 Å². The van der Waals surface area contributed by atoms with Crippen LogP contribution in [-0.2, 0) is 0 Å². The van der Waals surface area contributed by atoms with Crippen LogP contribution in [0.25, 0.3) is 0 Å². The molecule has 0 atom stereocenters. The summed E-state index contributed by atoms with van der Waals surface area (Å²) in [5, 5.41) is 21.7. The third kappa shape index (κ3) is 4.70. The molecule has 27 heavy (non-hydrogen) atoms. The Bertz CT molecular complexity index is 804. The molecule has 0 spiro atoms. The Morgan fingerprint density at radius 1 is 0.889 bits per heavy atom. The van der Waals surface area contributed by atoms with Crippen molar-refractivity contribution in [3.8, 4) is 5.75 Å². The highest BCUT2D eigenvalue weighted by atomic mass is 16.6. The molecule has 0 aliphatic carbocycles. The summed E-state index contributed by atoms with van der Waals surface area (Å²) in [6, 6.07) is 12.9. The summed E-state index contributed by atoms with van der Waals surface area (Å²) >= 11 is 0. The number of non-ortho nitro benzene ring substituents is 1. The lowest BCUT2D eigenvalue weighted by atomic mass is 10.2. The van der Waals surface area contributed by atoms with Crippen LogP contribution in [0.2, 0.25) is 0 Å². The van der Waals surface area contributed by atoms with Gasteiger partial charge in [-0.25, -0.2) is 0 Å². The second-order valence-electron chi connectivity index (χ2n) is 6.18. The largest absolute Gasteiger partial charge is 0.485 e. The van der Waals surface area contributed by atoms with E-state index in [4.69, 9.17) is 4.74 Å². The minimum atomic E-state index is -0.446. The van der Waals surface area contributed by atoms with Gasteiger partial charge < -0.3 is 9.64 Å². The monoisotopic (exact) mass is 372 g/mol. The number of hydrogen-bond donors (Lipinski definition) is 0. The first-order chi connectivity index (χ1) is 13.0. The molecular formula is C18H20N4O5. The van der Waals surface area contributed by atoms with Gasteiger partial charge in [-0.05, 0) is 18.2 Å². The van der Waals surface area contributed by atoms with Gasteiger partial charge in [0.1, 0.15) is 6.61 Å². The number of ether oxygens (including phenoxy) is 1. The molecule has 1 aliphatic heterocycles. The molecule has 0 saturated carbocycles. The number of benzene rings is 2. The van der Waals surface area contributed by atoms with Crippen molar-refractivity contribution >= 4 is 17.1 Å². The molecular weight excluding hydrogens is 352 g/mol. The van der Waals surface area contributed by atoms with Crippen molar-refractivity contribution in [3.63, 3.8) is 0 Å². The van der Waals surface area contributed by atoms with Crippen LogP contribution in [0.4, 0.5) is 17.1 Å². The molecule has 0 amide bonds. The zero-order valence-electron chi connectivity index (χ0n) is 14.7. The number of nitro benzene ring substituents is 2. The SMILES string of the molecule is O=[N+]([O-])c1ccc(N2CCN(CCOc3ccccc3[N+](=O)[O-])CC2)cc1. The molecule has 0 radical (unpaired) electrons. The van der Waals surface area contributed by atoms with Gasteiger partial charge in [0.2, 0.25) is 0 Å². The van der Waals surface area contributed by atoms with E-state index in [-0.39, 0.29) is 17.1 Å². The fourth-order valence-electron chi connectivity index (χ4n) is 3.03. The molecule has 0 aromatic heterocycles. The van der Waals surface area contributed by atoms with Crippen molar-refractivity contribution in [1.82, 2.24) is 4.90 Å². The van der Waals surface area contributed by atoms with Crippen molar-refractivity contribution in [1.29, 1.82) is 0 Å². The molecule has 1 aliphatic rings. The predicted octanol–water partition coefficient (Wildman–Crippen LogP) is 2.70. The third-order valence-corrected chi connectivity index (χ3v) is 4.52. The number of anilines is 1. The van der Waals surface area contributed by atoms with Crippen molar-refractivity contribution in [3.05, 3.63) is 68.8 Å². The van der Waals surface area contributed by atoms with E-state index in [2.05, 4.69) is 9.80 Å². The lowest BCUT2D eigenvalue weighted by Gasteiger charge is -2.35. The van der Waals surface area contributed by atoms with Crippen LogP contribution in [0.3, 0.4) is 0 Å². The molecule has 3 rings (SSSR count). The maximum absolute atomic E-state index is 11.0. The molecule has 0 unspecified atom stereocenters. The van der Waals surface area contributed by atoms with Crippen LogP contribution in [-0.4, -0.2) is 54.1 Å². The van der Waals surface area contributed by atoms with Crippen molar-refractivity contribution in [2.24, 2.45) is 0 Å². The van der Waals surface area contributed by atoms with E-state index >= 15 is 0 Å². The summed E-state index contributed by atoms with van der Waals surface area (Å²) in [5.74, 6) is 0.284. The highest BCUT2D eigenvalue weighted by Gasteiger charge is 2.19. The number of piperazine rings is 1. The van der Waals surface area contributed by atoms with Crippen LogP contribution in [0, 0.1) is 20.2 Å². The quantitative estimate of drug-likeness (QED) is 0.544. The van der Waals surface area contributed by atoms with Crippen molar-refractivity contribution in [2.75, 3.05) is 44.2 Å². The Morgan fingerprint density at radius 2 is 1.56 bits per heavy atom. The van der Waals surface area contributed by atoms with Gasteiger partial charge in [-0.1, -0.05) is 12.1 Å². The molecule has 142 valence electrons. The maximum atomic E-state index is 11.0. The van der Waals surface area contributed by atoms with Gasteiger partial charge in [-0.2, -0.15) is 0 Å². The number of nitro groups is 2. The van der Waals surface area contributed by atoms with E-state index in [1.54, 1.807) is 30.3 Å². The van der Waals surface area contributed by atoms with Gasteiger partial charge in [0.15, 0.2) is 5.75 Å². The molecule has 1 heterocycles. The fraction of sp³-hybridized carbons (Fsp3) is 0.333. The zero-order chi connectivity index (χ0) is 19.2. The van der Waals surface area contributed by atoms with Gasteiger partial charge in [-0.15, -0.1) is 0 Å². The lowest BCUT2D eigenvalue weighted by Crippen LogP contribution is -2.47. The van der Waals surface area contributed by atoms with E-state index in [9.17, 15) is 20.2 Å². The van der Waals surface area contributed by atoms with Gasteiger partial charge in [0.25, 0.3) is 5.69 Å². The first kappa shape index (κ1) is 18.6. The average molecular weight is 372 g/mol. The average Bonchev–Trinajstić information content (AvgIpc) is 2.69. The molecule has 1 fully saturated rings. The van der Waals surface area contributed by atoms with Gasteiger partial charge in [-0.3, -0.25) is 25.1 Å². The highest BCUT2D eigenvalue weighted by Crippen LogP contribution is 2.26. The maximum Gasteiger partial charge on any atom is 0.310 e. The predicted molar refractivity (Wildman–Crippen MR) is 100 cm³/mol. The summed E-state index contributed by atoms with van der Waals surface area (Å²) in [6.45, 7) is 4.34. The molecule has 9 nitrogen and oxygen atoms in total. The molecule has 2 aromatic carbocycles. The third-order valence-electron chi connectivity index (χ3n) is 4.52. The van der Waals surface area contributed by atoms with Gasteiger partial charge >= 0.3 is 5.69 Å². The fourth-order valence-corrected chi connectivity index (χ4v) is 3.03. The summed E-state index contributed by atoms with van der Waals surface area (Å²) in [7, 11) is 0. The smallest absolute Gasteiger partial charge is 0.310 e. The summed E-state index contributed by atoms with van der Waals surface area (Å²) in [5.41, 5.74) is 1.03. The Hall–Kier alpha value is -3.20. The van der Waals surface area contributed by atoms with E-state index in [0.717, 1.165) is 31.9 Å². The van der Waals surface area contributed by atoms with Crippen molar-refractivity contribution < 1.29 is 14.6 Å². The number of rotatable bonds is 7. The zero-order valence-corrected chi connectivity index (χ0v) is 14.7. The first-order valence-corrected chi connectivity index (χ1v) is 8.62. The second kappa shape index (κ2) is 8.45.